The molecule has 0 saturated heterocycles. The van der Waals surface area contributed by atoms with Crippen molar-refractivity contribution in [1.29, 1.82) is 0 Å². The molecule has 0 atom stereocenters. The number of anilines is 1. The number of amides is 1. The quantitative estimate of drug-likeness (QED) is 0.388. The Morgan fingerprint density at radius 2 is 2.07 bits per heavy atom. The van der Waals surface area contributed by atoms with Crippen LogP contribution in [0.2, 0.25) is 0 Å². The first-order valence-electron chi connectivity index (χ1n) is 9.59. The highest BCUT2D eigenvalue weighted by molar-refractivity contribution is 7.22. The molecule has 3 aromatic heterocycles. The number of aryl methyl sites for hydroxylation is 2. The monoisotopic (exact) mass is 433 g/mol. The fraction of sp³-hybridized carbons (Fsp3) is 0.182. The highest BCUT2D eigenvalue weighted by Gasteiger charge is 2.22. The summed E-state index contributed by atoms with van der Waals surface area (Å²) in [5.41, 5.74) is 6.62. The lowest BCUT2D eigenvalue weighted by Gasteiger charge is -2.20. The van der Waals surface area contributed by atoms with Crippen LogP contribution in [-0.4, -0.2) is 32.2 Å². The molecular formula is C22H19N5OS2. The maximum absolute atomic E-state index is 13.5. The van der Waals surface area contributed by atoms with Crippen molar-refractivity contribution in [2.75, 3.05) is 11.4 Å². The van der Waals surface area contributed by atoms with Crippen molar-refractivity contribution < 1.29 is 4.79 Å². The second-order valence-electron chi connectivity index (χ2n) is 7.19. The highest BCUT2D eigenvalue weighted by atomic mass is 32.1. The summed E-state index contributed by atoms with van der Waals surface area (Å²) in [6.07, 6.45) is 3.64. The number of rotatable bonds is 5. The molecule has 3 heterocycles. The van der Waals surface area contributed by atoms with Gasteiger partial charge in [0, 0.05) is 24.5 Å². The zero-order valence-electron chi connectivity index (χ0n) is 16.6. The number of aromatic nitrogens is 4. The number of thiazole rings is 2. The highest BCUT2D eigenvalue weighted by Crippen LogP contribution is 2.32. The molecule has 0 saturated carbocycles. The average molecular weight is 434 g/mol. The fourth-order valence-electron chi connectivity index (χ4n) is 3.54. The van der Waals surface area contributed by atoms with Crippen molar-refractivity contribution in [3.8, 4) is 0 Å². The van der Waals surface area contributed by atoms with Crippen LogP contribution in [0.3, 0.4) is 0 Å². The van der Waals surface area contributed by atoms with Crippen LogP contribution in [0.15, 0.2) is 54.3 Å². The number of fused-ring (bicyclic) bond motifs is 2. The predicted octanol–water partition coefficient (Wildman–Crippen LogP) is 5.07. The largest absolute Gasteiger partial charge is 0.282 e. The third kappa shape index (κ3) is 3.48. The smallest absolute Gasteiger partial charge is 0.260 e. The van der Waals surface area contributed by atoms with Crippen LogP contribution in [-0.2, 0) is 6.54 Å². The maximum Gasteiger partial charge on any atom is 0.260 e. The van der Waals surface area contributed by atoms with Gasteiger partial charge in [0.2, 0.25) is 0 Å². The third-order valence-electron chi connectivity index (χ3n) is 4.98. The van der Waals surface area contributed by atoms with E-state index in [4.69, 9.17) is 4.98 Å². The van der Waals surface area contributed by atoms with Gasteiger partial charge in [-0.25, -0.2) is 9.97 Å². The molecule has 0 aliphatic rings. The van der Waals surface area contributed by atoms with Gasteiger partial charge in [-0.2, -0.15) is 5.10 Å². The van der Waals surface area contributed by atoms with Gasteiger partial charge in [-0.05, 0) is 55.3 Å². The molecule has 0 bridgehead atoms. The molecule has 0 unspecified atom stereocenters. The Morgan fingerprint density at radius 3 is 2.90 bits per heavy atom. The molecule has 1 amide bonds. The van der Waals surface area contributed by atoms with Gasteiger partial charge in [0.25, 0.3) is 5.91 Å². The molecule has 2 aromatic carbocycles. The van der Waals surface area contributed by atoms with Crippen molar-refractivity contribution >= 4 is 54.1 Å². The normalized spacial score (nSPS) is 11.4. The van der Waals surface area contributed by atoms with Gasteiger partial charge in [-0.3, -0.25) is 14.4 Å². The lowest BCUT2D eigenvalue weighted by Crippen LogP contribution is -2.34. The van der Waals surface area contributed by atoms with Gasteiger partial charge in [0.05, 0.1) is 32.5 Å². The Kier molecular flexibility index (Phi) is 4.80. The van der Waals surface area contributed by atoms with Gasteiger partial charge in [0.15, 0.2) is 5.13 Å². The maximum atomic E-state index is 13.5. The molecular weight excluding hydrogens is 414 g/mol. The molecule has 8 heteroatoms. The molecule has 0 spiro atoms. The van der Waals surface area contributed by atoms with Gasteiger partial charge >= 0.3 is 0 Å². The molecule has 30 heavy (non-hydrogen) atoms. The molecule has 6 nitrogen and oxygen atoms in total. The van der Waals surface area contributed by atoms with Gasteiger partial charge in [-0.1, -0.05) is 17.4 Å². The standard InChI is InChI=1S/C22H19N5OS2/c1-14-10-15(2)20-19(11-14)30-22(25-20)27(9-8-26-7-3-6-24-26)21(28)16-4-5-17-18(12-16)29-13-23-17/h3-7,10-13H,8-9H2,1-2H3. The Labute approximate surface area is 181 Å². The molecule has 0 fully saturated rings. The third-order valence-corrected chi connectivity index (χ3v) is 6.80. The lowest BCUT2D eigenvalue weighted by atomic mass is 10.1. The molecule has 0 aliphatic heterocycles. The number of hydrogen-bond acceptors (Lipinski definition) is 6. The molecule has 5 rings (SSSR count). The summed E-state index contributed by atoms with van der Waals surface area (Å²) in [5.74, 6) is -0.0640. The Morgan fingerprint density at radius 1 is 1.17 bits per heavy atom. The van der Waals surface area contributed by atoms with Crippen molar-refractivity contribution in [2.24, 2.45) is 0 Å². The van der Waals surface area contributed by atoms with Crippen molar-refractivity contribution in [3.05, 3.63) is 71.0 Å². The van der Waals surface area contributed by atoms with Crippen molar-refractivity contribution in [1.82, 2.24) is 19.7 Å². The second kappa shape index (κ2) is 7.62. The van der Waals surface area contributed by atoms with Crippen LogP contribution < -0.4 is 4.90 Å². The summed E-state index contributed by atoms with van der Waals surface area (Å²) in [5, 5.41) is 4.98. The first-order chi connectivity index (χ1) is 14.6. The summed E-state index contributed by atoms with van der Waals surface area (Å²) in [4.78, 5) is 24.5. The topological polar surface area (TPSA) is 63.9 Å². The SMILES string of the molecule is Cc1cc(C)c2nc(N(CCn3cccn3)C(=O)c3ccc4ncsc4c3)sc2c1. The molecule has 0 aliphatic carbocycles. The summed E-state index contributed by atoms with van der Waals surface area (Å²) in [7, 11) is 0. The van der Waals surface area contributed by atoms with Crippen molar-refractivity contribution in [2.45, 2.75) is 20.4 Å². The van der Waals surface area contributed by atoms with Gasteiger partial charge < -0.3 is 0 Å². The summed E-state index contributed by atoms with van der Waals surface area (Å²) < 4.78 is 3.93. The van der Waals surface area contributed by atoms with Gasteiger partial charge in [-0.15, -0.1) is 11.3 Å². The minimum atomic E-state index is -0.0640. The zero-order chi connectivity index (χ0) is 20.7. The van der Waals surface area contributed by atoms with Crippen LogP contribution in [0.4, 0.5) is 5.13 Å². The van der Waals surface area contributed by atoms with Gasteiger partial charge in [0.1, 0.15) is 0 Å². The van der Waals surface area contributed by atoms with E-state index < -0.39 is 0 Å². The van der Waals surface area contributed by atoms with E-state index in [0.29, 0.717) is 23.8 Å². The fourth-order valence-corrected chi connectivity index (χ4v) is 5.42. The first-order valence-corrected chi connectivity index (χ1v) is 11.3. The van der Waals surface area contributed by atoms with Crippen LogP contribution in [0.1, 0.15) is 21.5 Å². The van der Waals surface area contributed by atoms with E-state index in [1.165, 1.54) is 16.9 Å². The van der Waals surface area contributed by atoms with E-state index in [1.807, 2.05) is 35.1 Å². The Bertz CT molecular complexity index is 1350. The van der Waals surface area contributed by atoms with E-state index in [9.17, 15) is 4.79 Å². The Hall–Kier alpha value is -3.10. The van der Waals surface area contributed by atoms with E-state index >= 15 is 0 Å². The number of carbonyl (C=O) groups excluding carboxylic acids is 1. The Balaban J connectivity index is 1.55. The molecule has 150 valence electrons. The first kappa shape index (κ1) is 18.9. The van der Waals surface area contributed by atoms with Crippen LogP contribution in [0.5, 0.6) is 0 Å². The van der Waals surface area contributed by atoms with E-state index in [1.54, 1.807) is 27.9 Å². The average Bonchev–Trinajstić information content (AvgIpc) is 3.48. The number of hydrogen-bond donors (Lipinski definition) is 0. The predicted molar refractivity (Wildman–Crippen MR) is 123 cm³/mol. The second-order valence-corrected chi connectivity index (χ2v) is 9.08. The summed E-state index contributed by atoms with van der Waals surface area (Å²) >= 11 is 3.09. The number of carbonyl (C=O) groups is 1. The summed E-state index contributed by atoms with van der Waals surface area (Å²) in [6.45, 7) is 5.22. The molecule has 5 aromatic rings. The number of nitrogens with zero attached hydrogens (tertiary/aromatic N) is 5. The van der Waals surface area contributed by atoms with E-state index in [0.717, 1.165) is 26.0 Å². The molecule has 0 N–H and O–H groups in total. The van der Waals surface area contributed by atoms with E-state index in [2.05, 4.69) is 36.1 Å². The minimum absolute atomic E-state index is 0.0640. The lowest BCUT2D eigenvalue weighted by molar-refractivity contribution is 0.0986. The van der Waals surface area contributed by atoms with Crippen LogP contribution in [0.25, 0.3) is 20.4 Å². The number of benzene rings is 2. The zero-order valence-corrected chi connectivity index (χ0v) is 18.2. The van der Waals surface area contributed by atoms with Crippen LogP contribution in [0, 0.1) is 13.8 Å². The summed E-state index contributed by atoms with van der Waals surface area (Å²) in [6, 6.07) is 11.8. The van der Waals surface area contributed by atoms with Crippen LogP contribution >= 0.6 is 22.7 Å². The van der Waals surface area contributed by atoms with Crippen molar-refractivity contribution in [3.63, 3.8) is 0 Å². The molecule has 0 radical (unpaired) electrons. The minimum Gasteiger partial charge on any atom is -0.282 e. The van der Waals surface area contributed by atoms with E-state index in [-0.39, 0.29) is 5.91 Å².